The molecule has 0 saturated heterocycles. The van der Waals surface area contributed by atoms with E-state index >= 15 is 0 Å². The summed E-state index contributed by atoms with van der Waals surface area (Å²) in [5.74, 6) is 1.48. The molecule has 1 unspecified atom stereocenters. The minimum absolute atomic E-state index is 0.0213. The molecule has 10 nitrogen and oxygen atoms in total. The fourth-order valence-corrected chi connectivity index (χ4v) is 4.30. The van der Waals surface area contributed by atoms with Gasteiger partial charge in [0.2, 0.25) is 5.96 Å². The van der Waals surface area contributed by atoms with Gasteiger partial charge in [0.15, 0.2) is 17.7 Å². The third-order valence-corrected chi connectivity index (χ3v) is 6.11. The van der Waals surface area contributed by atoms with Crippen LogP contribution in [0.15, 0.2) is 51.9 Å². The van der Waals surface area contributed by atoms with Crippen molar-refractivity contribution >= 4 is 39.2 Å². The monoisotopic (exact) mass is 532 g/mol. The molecule has 0 amide bonds. The summed E-state index contributed by atoms with van der Waals surface area (Å²) in [7, 11) is 1.55. The predicted molar refractivity (Wildman–Crippen MR) is 136 cm³/mol. The van der Waals surface area contributed by atoms with Gasteiger partial charge in [0.1, 0.15) is 29.3 Å². The zero-order valence-electron chi connectivity index (χ0n) is 18.7. The Balaban J connectivity index is 1.73. The topological polar surface area (TPSA) is 167 Å². The van der Waals surface area contributed by atoms with Crippen LogP contribution < -0.4 is 31.6 Å². The van der Waals surface area contributed by atoms with Gasteiger partial charge in [-0.3, -0.25) is 5.32 Å². The average Bonchev–Trinajstić information content (AvgIpc) is 2.84. The van der Waals surface area contributed by atoms with Gasteiger partial charge in [-0.15, -0.1) is 0 Å². The molecule has 1 aliphatic rings. The largest absolute Gasteiger partial charge is 0.493 e. The minimum atomic E-state index is -0.719. The number of nitrogens with two attached hydrogens (primary N) is 2. The molecule has 2 heterocycles. The summed E-state index contributed by atoms with van der Waals surface area (Å²) < 4.78 is 12.3. The summed E-state index contributed by atoms with van der Waals surface area (Å²) >= 11 is 3.61. The Labute approximate surface area is 210 Å². The molecule has 1 aliphatic heterocycles. The van der Waals surface area contributed by atoms with E-state index in [2.05, 4.69) is 36.5 Å². The first-order valence-corrected chi connectivity index (χ1v) is 11.3. The molecule has 0 radical (unpaired) electrons. The molecule has 1 atom stereocenters. The van der Waals surface area contributed by atoms with Crippen LogP contribution in [0.5, 0.6) is 11.5 Å². The van der Waals surface area contributed by atoms with Gasteiger partial charge in [0.25, 0.3) is 0 Å². The van der Waals surface area contributed by atoms with Gasteiger partial charge >= 0.3 is 0 Å². The molecule has 1 aromatic heterocycles. The van der Waals surface area contributed by atoms with E-state index in [1.165, 1.54) is 0 Å². The lowest BCUT2D eigenvalue weighted by molar-refractivity contribution is 0.297. The van der Waals surface area contributed by atoms with Crippen LogP contribution in [0, 0.1) is 22.8 Å². The lowest BCUT2D eigenvalue weighted by atomic mass is 9.95. The number of ether oxygens (including phenoxy) is 2. The van der Waals surface area contributed by atoms with Crippen molar-refractivity contribution in [3.63, 3.8) is 0 Å². The van der Waals surface area contributed by atoms with E-state index in [-0.39, 0.29) is 23.0 Å². The van der Waals surface area contributed by atoms with Crippen molar-refractivity contribution < 1.29 is 9.47 Å². The number of benzene rings is 2. The Morgan fingerprint density at radius 3 is 2.63 bits per heavy atom. The molecule has 4 rings (SSSR count). The summed E-state index contributed by atoms with van der Waals surface area (Å²) in [5.41, 5.74) is 14.7. The van der Waals surface area contributed by atoms with E-state index in [9.17, 15) is 5.26 Å². The van der Waals surface area contributed by atoms with E-state index in [1.54, 1.807) is 19.2 Å². The quantitative estimate of drug-likeness (QED) is 0.274. The first-order valence-electron chi connectivity index (χ1n) is 10.5. The van der Waals surface area contributed by atoms with E-state index in [0.717, 1.165) is 12.0 Å². The van der Waals surface area contributed by atoms with Gasteiger partial charge in [-0.2, -0.15) is 10.5 Å². The Kier molecular flexibility index (Phi) is 6.90. The van der Waals surface area contributed by atoms with Crippen LogP contribution in [0.2, 0.25) is 0 Å². The normalized spacial score (nSPS) is 13.9. The van der Waals surface area contributed by atoms with Crippen molar-refractivity contribution in [2.24, 2.45) is 4.99 Å². The van der Waals surface area contributed by atoms with Gasteiger partial charge in [0.05, 0.1) is 19.4 Å². The third kappa shape index (κ3) is 4.76. The molecule has 11 heteroatoms. The number of aliphatic imine (C=N–C) groups is 1. The van der Waals surface area contributed by atoms with Crippen LogP contribution in [-0.2, 0) is 6.42 Å². The zero-order chi connectivity index (χ0) is 24.9. The Morgan fingerprint density at radius 2 is 1.94 bits per heavy atom. The summed E-state index contributed by atoms with van der Waals surface area (Å²) in [6.07, 6.45) is 2.57. The highest BCUT2D eigenvalue weighted by Crippen LogP contribution is 2.45. The second-order valence-electron chi connectivity index (χ2n) is 7.51. The van der Waals surface area contributed by atoms with Crippen LogP contribution in [0.3, 0.4) is 0 Å². The number of nitrogens with one attached hydrogen (secondary N) is 2. The summed E-state index contributed by atoms with van der Waals surface area (Å²) in [5, 5.41) is 24.0. The number of hydrogen-bond donors (Lipinski definition) is 4. The zero-order valence-corrected chi connectivity index (χ0v) is 20.3. The number of fused-ring (bicyclic) bond motifs is 1. The Hall–Kier alpha value is -4.48. The standard InChI is InChI=1S/C24H21BrN8O2/c1-34-17-9-14(16(25)10-18(17)35-8-7-13-5-3-2-4-6-13)21-19-20(28)15(11-26)22(29)32-23(19)33-24(31-21)30-12-27/h2-6,9-10,21H,7-8H2,1H3,(H6,28,29,30,31,32,33). The molecule has 0 saturated carbocycles. The number of anilines is 3. The van der Waals surface area contributed by atoms with E-state index in [0.29, 0.717) is 39.5 Å². The summed E-state index contributed by atoms with van der Waals surface area (Å²) in [6, 6.07) is 14.9. The SMILES string of the molecule is COc1cc(C2N=C(NC#N)Nc3nc(N)c(C#N)c(N)c32)c(Br)cc1OCCc1ccccc1. The number of guanidine groups is 1. The van der Waals surface area contributed by atoms with Crippen LogP contribution in [0.1, 0.15) is 28.3 Å². The lowest BCUT2D eigenvalue weighted by Gasteiger charge is -2.27. The first-order chi connectivity index (χ1) is 17.0. The number of nitrogen functional groups attached to an aromatic ring is 2. The maximum absolute atomic E-state index is 9.52. The van der Waals surface area contributed by atoms with E-state index in [1.807, 2.05) is 42.6 Å². The Bertz CT molecular complexity index is 1380. The highest BCUT2D eigenvalue weighted by atomic mass is 79.9. The van der Waals surface area contributed by atoms with Crippen molar-refractivity contribution in [1.29, 1.82) is 10.5 Å². The van der Waals surface area contributed by atoms with Gasteiger partial charge in [0, 0.05) is 16.5 Å². The van der Waals surface area contributed by atoms with Crippen LogP contribution >= 0.6 is 15.9 Å². The molecule has 3 aromatic rings. The van der Waals surface area contributed by atoms with Crippen LogP contribution in [0.4, 0.5) is 17.3 Å². The number of rotatable bonds is 6. The third-order valence-electron chi connectivity index (χ3n) is 5.43. The second-order valence-corrected chi connectivity index (χ2v) is 8.36. The molecule has 2 aromatic carbocycles. The van der Waals surface area contributed by atoms with Crippen LogP contribution in [0.25, 0.3) is 0 Å². The number of halogens is 1. The average molecular weight is 533 g/mol. The fourth-order valence-electron chi connectivity index (χ4n) is 3.76. The predicted octanol–water partition coefficient (Wildman–Crippen LogP) is 3.45. The number of methoxy groups -OCH3 is 1. The van der Waals surface area contributed by atoms with Gasteiger partial charge in [-0.25, -0.2) is 9.98 Å². The molecular weight excluding hydrogens is 512 g/mol. The number of nitrogens with zero attached hydrogens (tertiary/aromatic N) is 4. The highest BCUT2D eigenvalue weighted by molar-refractivity contribution is 9.10. The fraction of sp³-hybridized carbons (Fsp3) is 0.167. The van der Waals surface area contributed by atoms with Gasteiger partial charge < -0.3 is 26.3 Å². The molecule has 0 aliphatic carbocycles. The maximum atomic E-state index is 9.52. The van der Waals surface area contributed by atoms with E-state index in [4.69, 9.17) is 26.2 Å². The number of pyridine rings is 1. The Morgan fingerprint density at radius 1 is 1.17 bits per heavy atom. The van der Waals surface area contributed by atoms with Crippen molar-refractivity contribution in [3.05, 3.63) is 69.2 Å². The second kappa shape index (κ2) is 10.2. The highest BCUT2D eigenvalue weighted by Gasteiger charge is 2.31. The van der Waals surface area contributed by atoms with Crippen molar-refractivity contribution in [1.82, 2.24) is 10.3 Å². The molecular formula is C24H21BrN8O2. The molecule has 6 N–H and O–H groups in total. The molecule has 0 spiro atoms. The smallest absolute Gasteiger partial charge is 0.211 e. The number of hydrogen-bond acceptors (Lipinski definition) is 10. The summed E-state index contributed by atoms with van der Waals surface area (Å²) in [6.45, 7) is 0.457. The number of nitriles is 2. The molecule has 35 heavy (non-hydrogen) atoms. The lowest BCUT2D eigenvalue weighted by Crippen LogP contribution is -2.32. The maximum Gasteiger partial charge on any atom is 0.211 e. The minimum Gasteiger partial charge on any atom is -0.493 e. The number of aromatic nitrogens is 1. The van der Waals surface area contributed by atoms with Gasteiger partial charge in [-0.05, 0) is 23.3 Å². The summed E-state index contributed by atoms with van der Waals surface area (Å²) in [4.78, 5) is 8.87. The van der Waals surface area contributed by atoms with Crippen molar-refractivity contribution in [2.75, 3.05) is 30.5 Å². The van der Waals surface area contributed by atoms with Gasteiger partial charge in [-0.1, -0.05) is 46.3 Å². The van der Waals surface area contributed by atoms with Crippen molar-refractivity contribution in [2.45, 2.75) is 12.5 Å². The first kappa shape index (κ1) is 23.7. The van der Waals surface area contributed by atoms with E-state index < -0.39 is 6.04 Å². The van der Waals surface area contributed by atoms with Crippen molar-refractivity contribution in [3.8, 4) is 23.8 Å². The molecule has 0 fully saturated rings. The molecule has 176 valence electrons. The molecule has 0 bridgehead atoms. The van der Waals surface area contributed by atoms with Crippen LogP contribution in [-0.4, -0.2) is 24.7 Å².